The lowest BCUT2D eigenvalue weighted by atomic mass is 10.2. The molecule has 0 fully saturated rings. The highest BCUT2D eigenvalue weighted by Crippen LogP contribution is 2.16. The van der Waals surface area contributed by atoms with Crippen molar-refractivity contribution < 1.29 is 0 Å². The highest BCUT2D eigenvalue weighted by Gasteiger charge is 2.12. The molecule has 0 saturated carbocycles. The van der Waals surface area contributed by atoms with Crippen molar-refractivity contribution in [1.82, 2.24) is 14.5 Å². The summed E-state index contributed by atoms with van der Waals surface area (Å²) in [4.78, 5) is 21.7. The van der Waals surface area contributed by atoms with Gasteiger partial charge in [-0.25, -0.2) is 9.97 Å². The molecular weight excluding hydrogens is 282 g/mol. The molecule has 0 aliphatic heterocycles. The SMILES string of the molecule is Cc1ncsc1CCn1c(C(C)C)nc(Cl)cc1=O. The number of aromatic nitrogens is 3. The molecule has 2 aromatic rings. The van der Waals surface area contributed by atoms with Crippen molar-refractivity contribution in [3.8, 4) is 0 Å². The standard InChI is InChI=1S/C13H16ClN3OS/c1-8(2)13-16-11(14)6-12(18)17(13)5-4-10-9(3)15-7-19-10/h6-8H,4-5H2,1-3H3. The predicted molar refractivity (Wildman–Crippen MR) is 78.2 cm³/mol. The number of halogens is 1. The second-order valence-electron chi connectivity index (χ2n) is 4.69. The van der Waals surface area contributed by atoms with Gasteiger partial charge in [-0.1, -0.05) is 25.4 Å². The Balaban J connectivity index is 2.29. The van der Waals surface area contributed by atoms with E-state index in [4.69, 9.17) is 11.6 Å². The summed E-state index contributed by atoms with van der Waals surface area (Å²) in [6, 6.07) is 1.37. The molecule has 0 bridgehead atoms. The number of hydrogen-bond acceptors (Lipinski definition) is 4. The predicted octanol–water partition coefficient (Wildman–Crippen LogP) is 3.03. The van der Waals surface area contributed by atoms with Crippen LogP contribution in [0.5, 0.6) is 0 Å². The number of thiazole rings is 1. The van der Waals surface area contributed by atoms with Gasteiger partial charge in [-0.2, -0.15) is 0 Å². The van der Waals surface area contributed by atoms with E-state index >= 15 is 0 Å². The van der Waals surface area contributed by atoms with E-state index < -0.39 is 0 Å². The van der Waals surface area contributed by atoms with Crippen LogP contribution >= 0.6 is 22.9 Å². The molecule has 6 heteroatoms. The Labute approximate surface area is 121 Å². The zero-order valence-corrected chi connectivity index (χ0v) is 12.8. The van der Waals surface area contributed by atoms with Crippen LogP contribution < -0.4 is 5.56 Å². The Kier molecular flexibility index (Phi) is 4.37. The molecule has 4 nitrogen and oxygen atoms in total. The Bertz CT molecular complexity index is 633. The van der Waals surface area contributed by atoms with Gasteiger partial charge in [0.2, 0.25) is 0 Å². The zero-order chi connectivity index (χ0) is 14.0. The molecule has 2 aromatic heterocycles. The lowest BCUT2D eigenvalue weighted by Crippen LogP contribution is -2.26. The molecule has 19 heavy (non-hydrogen) atoms. The van der Waals surface area contributed by atoms with E-state index in [9.17, 15) is 4.79 Å². The summed E-state index contributed by atoms with van der Waals surface area (Å²) >= 11 is 7.48. The Morgan fingerprint density at radius 1 is 1.47 bits per heavy atom. The molecule has 0 spiro atoms. The zero-order valence-electron chi connectivity index (χ0n) is 11.2. The number of hydrogen-bond donors (Lipinski definition) is 0. The summed E-state index contributed by atoms with van der Waals surface area (Å²) in [5.74, 6) is 0.897. The summed E-state index contributed by atoms with van der Waals surface area (Å²) in [6.07, 6.45) is 0.791. The average molecular weight is 298 g/mol. The van der Waals surface area contributed by atoms with Crippen LogP contribution in [-0.4, -0.2) is 14.5 Å². The first kappa shape index (κ1) is 14.2. The molecular formula is C13H16ClN3OS. The quantitative estimate of drug-likeness (QED) is 0.815. The largest absolute Gasteiger partial charge is 0.296 e. The van der Waals surface area contributed by atoms with Gasteiger partial charge in [-0.05, 0) is 6.92 Å². The lowest BCUT2D eigenvalue weighted by Gasteiger charge is -2.14. The average Bonchev–Trinajstić information content (AvgIpc) is 2.73. The van der Waals surface area contributed by atoms with Crippen LogP contribution in [0.3, 0.4) is 0 Å². The van der Waals surface area contributed by atoms with Gasteiger partial charge in [-0.15, -0.1) is 11.3 Å². The smallest absolute Gasteiger partial charge is 0.255 e. The first-order chi connectivity index (χ1) is 8.99. The fraction of sp³-hybridized carbons (Fsp3) is 0.462. The van der Waals surface area contributed by atoms with Crippen LogP contribution in [0.15, 0.2) is 16.4 Å². The summed E-state index contributed by atoms with van der Waals surface area (Å²) in [5, 5.41) is 0.263. The van der Waals surface area contributed by atoms with Crippen LogP contribution in [0.2, 0.25) is 5.15 Å². The highest BCUT2D eigenvalue weighted by molar-refractivity contribution is 7.09. The minimum atomic E-state index is -0.0918. The lowest BCUT2D eigenvalue weighted by molar-refractivity contribution is 0.582. The van der Waals surface area contributed by atoms with Crippen molar-refractivity contribution in [3.05, 3.63) is 43.5 Å². The van der Waals surface area contributed by atoms with E-state index in [1.807, 2.05) is 26.3 Å². The first-order valence-electron chi connectivity index (χ1n) is 6.15. The molecule has 0 aliphatic rings. The van der Waals surface area contributed by atoms with Crippen molar-refractivity contribution in [2.75, 3.05) is 0 Å². The van der Waals surface area contributed by atoms with E-state index in [0.29, 0.717) is 6.54 Å². The summed E-state index contributed by atoms with van der Waals surface area (Å²) < 4.78 is 1.70. The van der Waals surface area contributed by atoms with Crippen molar-refractivity contribution in [3.63, 3.8) is 0 Å². The van der Waals surface area contributed by atoms with E-state index in [2.05, 4.69) is 9.97 Å². The van der Waals surface area contributed by atoms with Gasteiger partial charge < -0.3 is 0 Å². The molecule has 0 saturated heterocycles. The second-order valence-corrected chi connectivity index (χ2v) is 6.02. The Hall–Kier alpha value is -1.20. The fourth-order valence-corrected chi connectivity index (χ4v) is 2.89. The van der Waals surface area contributed by atoms with Crippen molar-refractivity contribution in [2.24, 2.45) is 0 Å². The fourth-order valence-electron chi connectivity index (χ4n) is 1.94. The van der Waals surface area contributed by atoms with Gasteiger partial charge in [0.05, 0.1) is 11.2 Å². The molecule has 0 aromatic carbocycles. The van der Waals surface area contributed by atoms with Crippen LogP contribution in [0.4, 0.5) is 0 Å². The van der Waals surface area contributed by atoms with Crippen molar-refractivity contribution in [2.45, 2.75) is 39.7 Å². The maximum atomic E-state index is 12.0. The van der Waals surface area contributed by atoms with Crippen molar-refractivity contribution in [1.29, 1.82) is 0 Å². The van der Waals surface area contributed by atoms with Gasteiger partial charge in [0, 0.05) is 29.8 Å². The number of rotatable bonds is 4. The van der Waals surface area contributed by atoms with Crippen LogP contribution in [0.1, 0.15) is 36.2 Å². The number of nitrogens with zero attached hydrogens (tertiary/aromatic N) is 3. The van der Waals surface area contributed by atoms with Gasteiger partial charge in [-0.3, -0.25) is 9.36 Å². The third-order valence-corrected chi connectivity index (χ3v) is 4.12. The van der Waals surface area contributed by atoms with Crippen LogP contribution in [-0.2, 0) is 13.0 Å². The van der Waals surface area contributed by atoms with Crippen LogP contribution in [0.25, 0.3) is 0 Å². The van der Waals surface area contributed by atoms with Gasteiger partial charge in [0.15, 0.2) is 0 Å². The first-order valence-corrected chi connectivity index (χ1v) is 7.41. The minimum Gasteiger partial charge on any atom is -0.296 e. The van der Waals surface area contributed by atoms with Gasteiger partial charge >= 0.3 is 0 Å². The van der Waals surface area contributed by atoms with Gasteiger partial charge in [0.1, 0.15) is 11.0 Å². The van der Waals surface area contributed by atoms with E-state index in [1.54, 1.807) is 15.9 Å². The summed E-state index contributed by atoms with van der Waals surface area (Å²) in [7, 11) is 0. The normalized spacial score (nSPS) is 11.2. The molecule has 2 heterocycles. The third kappa shape index (κ3) is 3.22. The Morgan fingerprint density at radius 3 is 2.79 bits per heavy atom. The summed E-state index contributed by atoms with van der Waals surface area (Å²) in [6.45, 7) is 6.61. The molecule has 0 radical (unpaired) electrons. The maximum Gasteiger partial charge on any atom is 0.255 e. The van der Waals surface area contributed by atoms with Crippen LogP contribution in [0, 0.1) is 6.92 Å². The molecule has 0 N–H and O–H groups in total. The monoisotopic (exact) mass is 297 g/mol. The topological polar surface area (TPSA) is 47.8 Å². The molecule has 0 amide bonds. The molecule has 0 atom stereocenters. The highest BCUT2D eigenvalue weighted by atomic mass is 35.5. The molecule has 0 aliphatic carbocycles. The van der Waals surface area contributed by atoms with E-state index in [1.165, 1.54) is 10.9 Å². The number of aryl methyl sites for hydroxylation is 2. The van der Waals surface area contributed by atoms with Crippen molar-refractivity contribution >= 4 is 22.9 Å². The molecule has 0 unspecified atom stereocenters. The van der Waals surface area contributed by atoms with E-state index in [-0.39, 0.29) is 16.6 Å². The molecule has 2 rings (SSSR count). The second kappa shape index (κ2) is 5.84. The summed E-state index contributed by atoms with van der Waals surface area (Å²) in [5.41, 5.74) is 2.77. The molecule has 102 valence electrons. The maximum absolute atomic E-state index is 12.0. The Morgan fingerprint density at radius 2 is 2.21 bits per heavy atom. The van der Waals surface area contributed by atoms with E-state index in [0.717, 1.165) is 17.9 Å². The third-order valence-electron chi connectivity index (χ3n) is 2.93. The van der Waals surface area contributed by atoms with Gasteiger partial charge in [0.25, 0.3) is 5.56 Å². The minimum absolute atomic E-state index is 0.0918.